The van der Waals surface area contributed by atoms with Gasteiger partial charge in [-0.15, -0.1) is 0 Å². The van der Waals surface area contributed by atoms with Crippen molar-refractivity contribution in [3.63, 3.8) is 0 Å². The standard InChI is InChI=1S/C69H128O6/c1-4-7-10-13-16-19-21-23-25-27-29-30-31-32-33-34-35-36-37-38-39-40-41-43-44-46-48-50-53-56-59-62-68(71)74-65-66(64-73-67(70)61-58-55-52-18-15-12-9-6-3)75-69(72)63-60-57-54-51-49-47-45-42-28-26-24-22-20-17-14-11-8-5-2/h21,23,27,29,31-32,66H,4-20,22,24-26,28,30,33-65H2,1-3H3/b23-21-,29-27-,32-31-. The van der Waals surface area contributed by atoms with Crippen molar-refractivity contribution in [2.24, 2.45) is 0 Å². The van der Waals surface area contributed by atoms with Gasteiger partial charge in [0, 0.05) is 19.3 Å². The van der Waals surface area contributed by atoms with E-state index in [4.69, 9.17) is 14.2 Å². The molecule has 1 atom stereocenters. The fourth-order valence-electron chi connectivity index (χ4n) is 10.1. The van der Waals surface area contributed by atoms with E-state index < -0.39 is 6.10 Å². The van der Waals surface area contributed by atoms with Crippen molar-refractivity contribution in [2.45, 2.75) is 374 Å². The molecule has 0 bridgehead atoms. The first-order valence-electron chi connectivity index (χ1n) is 33.5. The first kappa shape index (κ1) is 72.6. The number of allylic oxidation sites excluding steroid dienone is 6. The summed E-state index contributed by atoms with van der Waals surface area (Å²) in [6.07, 6.45) is 79.0. The Morgan fingerprint density at radius 3 is 0.747 bits per heavy atom. The highest BCUT2D eigenvalue weighted by Crippen LogP contribution is 2.18. The molecule has 0 spiro atoms. The largest absolute Gasteiger partial charge is 0.462 e. The summed E-state index contributed by atoms with van der Waals surface area (Å²) < 4.78 is 16.9. The maximum atomic E-state index is 12.9. The third kappa shape index (κ3) is 62.4. The maximum absolute atomic E-state index is 12.9. The first-order chi connectivity index (χ1) is 37.0. The zero-order valence-electron chi connectivity index (χ0n) is 50.6. The summed E-state index contributed by atoms with van der Waals surface area (Å²) in [5, 5.41) is 0. The molecule has 75 heavy (non-hydrogen) atoms. The van der Waals surface area contributed by atoms with E-state index in [1.165, 1.54) is 257 Å². The Bertz CT molecular complexity index is 1250. The Hall–Kier alpha value is -2.37. The lowest BCUT2D eigenvalue weighted by molar-refractivity contribution is -0.167. The molecule has 6 nitrogen and oxygen atoms in total. The van der Waals surface area contributed by atoms with Crippen LogP contribution in [-0.2, 0) is 28.6 Å². The second-order valence-corrected chi connectivity index (χ2v) is 22.7. The number of hydrogen-bond acceptors (Lipinski definition) is 6. The number of carbonyl (C=O) groups is 3. The van der Waals surface area contributed by atoms with E-state index in [-0.39, 0.29) is 31.1 Å². The highest BCUT2D eigenvalue weighted by Gasteiger charge is 2.19. The smallest absolute Gasteiger partial charge is 0.306 e. The van der Waals surface area contributed by atoms with E-state index in [0.29, 0.717) is 19.3 Å². The fourth-order valence-corrected chi connectivity index (χ4v) is 10.1. The van der Waals surface area contributed by atoms with Gasteiger partial charge in [0.05, 0.1) is 0 Å². The normalized spacial score (nSPS) is 12.2. The fraction of sp³-hybridized carbons (Fsp3) is 0.870. The molecule has 0 fully saturated rings. The molecular formula is C69H128O6. The highest BCUT2D eigenvalue weighted by molar-refractivity contribution is 5.71. The van der Waals surface area contributed by atoms with Gasteiger partial charge in [0.15, 0.2) is 6.10 Å². The SMILES string of the molecule is CCCCCCC/C=C\C/C=C\C/C=C\CCCCCCCCCCCCCCCCCCC(=O)OCC(COC(=O)CCCCCCCCCC)OC(=O)CCCCCCCCCCCCCCCCCCCC. The molecule has 0 saturated heterocycles. The summed E-state index contributed by atoms with van der Waals surface area (Å²) in [4.78, 5) is 38.1. The van der Waals surface area contributed by atoms with Crippen molar-refractivity contribution in [3.05, 3.63) is 36.5 Å². The minimum Gasteiger partial charge on any atom is -0.462 e. The van der Waals surface area contributed by atoms with Crippen LogP contribution in [-0.4, -0.2) is 37.2 Å². The zero-order chi connectivity index (χ0) is 54.3. The number of hydrogen-bond donors (Lipinski definition) is 0. The third-order valence-corrected chi connectivity index (χ3v) is 15.1. The van der Waals surface area contributed by atoms with Crippen LogP contribution in [0.5, 0.6) is 0 Å². The van der Waals surface area contributed by atoms with E-state index >= 15 is 0 Å². The predicted molar refractivity (Wildman–Crippen MR) is 326 cm³/mol. The van der Waals surface area contributed by atoms with Gasteiger partial charge in [-0.3, -0.25) is 14.4 Å². The molecule has 0 aliphatic heterocycles. The van der Waals surface area contributed by atoms with E-state index in [2.05, 4.69) is 57.2 Å². The summed E-state index contributed by atoms with van der Waals surface area (Å²) in [6.45, 7) is 6.66. The van der Waals surface area contributed by atoms with Crippen molar-refractivity contribution >= 4 is 17.9 Å². The van der Waals surface area contributed by atoms with Gasteiger partial charge in [-0.1, -0.05) is 327 Å². The number of esters is 3. The number of carbonyl (C=O) groups excluding carboxylic acids is 3. The van der Waals surface area contributed by atoms with E-state index in [9.17, 15) is 14.4 Å². The molecule has 1 unspecified atom stereocenters. The van der Waals surface area contributed by atoms with Crippen LogP contribution in [0.25, 0.3) is 0 Å². The van der Waals surface area contributed by atoms with Gasteiger partial charge in [-0.05, 0) is 57.8 Å². The van der Waals surface area contributed by atoms with Crippen LogP contribution in [0.2, 0.25) is 0 Å². The Balaban J connectivity index is 4.04. The zero-order valence-corrected chi connectivity index (χ0v) is 50.6. The summed E-state index contributed by atoms with van der Waals surface area (Å²) >= 11 is 0. The molecule has 0 amide bonds. The van der Waals surface area contributed by atoms with E-state index in [1.807, 2.05) is 0 Å². The monoisotopic (exact) mass is 1050 g/mol. The summed E-state index contributed by atoms with van der Waals surface area (Å²) in [5.41, 5.74) is 0. The molecule has 0 aromatic rings. The number of ether oxygens (including phenoxy) is 3. The lowest BCUT2D eigenvalue weighted by atomic mass is 10.0. The lowest BCUT2D eigenvalue weighted by Crippen LogP contribution is -2.30. The average molecular weight is 1050 g/mol. The lowest BCUT2D eigenvalue weighted by Gasteiger charge is -2.18. The second kappa shape index (κ2) is 64.2. The summed E-state index contributed by atoms with van der Waals surface area (Å²) in [6, 6.07) is 0. The van der Waals surface area contributed by atoms with Gasteiger partial charge in [-0.2, -0.15) is 0 Å². The highest BCUT2D eigenvalue weighted by atomic mass is 16.6. The maximum Gasteiger partial charge on any atom is 0.306 e. The van der Waals surface area contributed by atoms with Crippen molar-refractivity contribution in [3.8, 4) is 0 Å². The van der Waals surface area contributed by atoms with Crippen LogP contribution in [0.3, 0.4) is 0 Å². The van der Waals surface area contributed by atoms with Crippen LogP contribution in [0.1, 0.15) is 367 Å². The van der Waals surface area contributed by atoms with Crippen molar-refractivity contribution in [1.82, 2.24) is 0 Å². The Labute approximate surface area is 467 Å². The Kier molecular flexibility index (Phi) is 62.1. The summed E-state index contributed by atoms with van der Waals surface area (Å²) in [5.74, 6) is -0.845. The van der Waals surface area contributed by atoms with Crippen molar-refractivity contribution in [2.75, 3.05) is 13.2 Å². The molecule has 0 aromatic carbocycles. The minimum atomic E-state index is -0.766. The van der Waals surface area contributed by atoms with Gasteiger partial charge in [0.2, 0.25) is 0 Å². The van der Waals surface area contributed by atoms with Gasteiger partial charge < -0.3 is 14.2 Å². The molecule has 0 heterocycles. The van der Waals surface area contributed by atoms with Crippen molar-refractivity contribution < 1.29 is 28.6 Å². The number of rotatable bonds is 62. The molecule has 0 aliphatic rings. The van der Waals surface area contributed by atoms with Gasteiger partial charge in [0.25, 0.3) is 0 Å². The van der Waals surface area contributed by atoms with Crippen LogP contribution in [0, 0.1) is 0 Å². The van der Waals surface area contributed by atoms with Crippen LogP contribution < -0.4 is 0 Å². The van der Waals surface area contributed by atoms with Gasteiger partial charge >= 0.3 is 17.9 Å². The molecule has 0 aliphatic carbocycles. The average Bonchev–Trinajstić information content (AvgIpc) is 3.41. The molecule has 0 rings (SSSR count). The van der Waals surface area contributed by atoms with Gasteiger partial charge in [-0.25, -0.2) is 0 Å². The second-order valence-electron chi connectivity index (χ2n) is 22.7. The molecule has 6 heteroatoms. The van der Waals surface area contributed by atoms with Crippen molar-refractivity contribution in [1.29, 1.82) is 0 Å². The Morgan fingerprint density at radius 2 is 0.480 bits per heavy atom. The molecule has 440 valence electrons. The third-order valence-electron chi connectivity index (χ3n) is 15.1. The van der Waals surface area contributed by atoms with Crippen LogP contribution in [0.15, 0.2) is 36.5 Å². The first-order valence-corrected chi connectivity index (χ1v) is 33.5. The van der Waals surface area contributed by atoms with E-state index in [0.717, 1.165) is 70.6 Å². The van der Waals surface area contributed by atoms with Crippen LogP contribution in [0.4, 0.5) is 0 Å². The predicted octanol–water partition coefficient (Wildman–Crippen LogP) is 22.8. The number of unbranched alkanes of at least 4 members (excludes halogenated alkanes) is 45. The molecular weight excluding hydrogens is 925 g/mol. The van der Waals surface area contributed by atoms with Gasteiger partial charge in [0.1, 0.15) is 13.2 Å². The molecule has 0 N–H and O–H groups in total. The summed E-state index contributed by atoms with van der Waals surface area (Å²) in [7, 11) is 0. The van der Waals surface area contributed by atoms with Crippen LogP contribution >= 0.6 is 0 Å². The molecule has 0 radical (unpaired) electrons. The molecule has 0 aromatic heterocycles. The topological polar surface area (TPSA) is 78.9 Å². The van der Waals surface area contributed by atoms with E-state index in [1.54, 1.807) is 0 Å². The quantitative estimate of drug-likeness (QED) is 0.0261. The minimum absolute atomic E-state index is 0.0659. The Morgan fingerprint density at radius 1 is 0.267 bits per heavy atom. The molecule has 0 saturated carbocycles.